The van der Waals surface area contributed by atoms with Gasteiger partial charge < -0.3 is 19.9 Å². The maximum absolute atomic E-state index is 9.93. The Morgan fingerprint density at radius 3 is 2.17 bits per heavy atom. The minimum absolute atomic E-state index is 0.584. The number of nitrogens with zero attached hydrogens (tertiary/aromatic N) is 2. The predicted molar refractivity (Wildman–Crippen MR) is 106 cm³/mol. The number of rotatable bonds is 11. The van der Waals surface area contributed by atoms with Gasteiger partial charge in [-0.25, -0.2) is 0 Å². The highest BCUT2D eigenvalue weighted by Crippen LogP contribution is 2.06. The lowest BCUT2D eigenvalue weighted by atomic mass is 10.1. The molecule has 1 rings (SSSR count). The summed E-state index contributed by atoms with van der Waals surface area (Å²) >= 11 is 0. The highest BCUT2D eigenvalue weighted by atomic mass is 16.1. The summed E-state index contributed by atoms with van der Waals surface area (Å²) in [5.41, 5.74) is 0. The minimum atomic E-state index is 0.584. The molecule has 1 N–H and O–H groups in total. The number of nitrogens with one attached hydrogen (secondary N) is 1. The Labute approximate surface area is 151 Å². The van der Waals surface area contributed by atoms with Gasteiger partial charge in [0.25, 0.3) is 0 Å². The van der Waals surface area contributed by atoms with Crippen LogP contribution in [-0.4, -0.2) is 68.4 Å². The number of aldehydes is 1. The Morgan fingerprint density at radius 2 is 1.62 bits per heavy atom. The molecule has 24 heavy (non-hydrogen) atoms. The topological polar surface area (TPSA) is 35.6 Å². The van der Waals surface area contributed by atoms with Gasteiger partial charge in [0.05, 0.1) is 0 Å². The van der Waals surface area contributed by atoms with Crippen LogP contribution in [0.4, 0.5) is 0 Å². The van der Waals surface area contributed by atoms with Gasteiger partial charge >= 0.3 is 0 Å². The third-order valence-electron chi connectivity index (χ3n) is 4.40. The van der Waals surface area contributed by atoms with E-state index in [1.165, 1.54) is 58.4 Å². The second-order valence-corrected chi connectivity index (χ2v) is 7.81. The van der Waals surface area contributed by atoms with Crippen molar-refractivity contribution in [3.63, 3.8) is 0 Å². The van der Waals surface area contributed by atoms with Gasteiger partial charge in [0.2, 0.25) is 0 Å². The van der Waals surface area contributed by atoms with E-state index in [0.717, 1.165) is 31.6 Å². The molecule has 0 saturated carbocycles. The van der Waals surface area contributed by atoms with Gasteiger partial charge in [-0.1, -0.05) is 34.1 Å². The van der Waals surface area contributed by atoms with Crippen LogP contribution in [0.5, 0.6) is 0 Å². The van der Waals surface area contributed by atoms with Gasteiger partial charge in [0.1, 0.15) is 6.29 Å². The van der Waals surface area contributed by atoms with E-state index >= 15 is 0 Å². The zero-order valence-corrected chi connectivity index (χ0v) is 17.0. The maximum Gasteiger partial charge on any atom is 0.119 e. The Balaban J connectivity index is 0.000000449. The molecule has 1 saturated heterocycles. The van der Waals surface area contributed by atoms with Gasteiger partial charge in [-0.05, 0) is 51.7 Å². The highest BCUT2D eigenvalue weighted by molar-refractivity contribution is 5.48. The molecule has 4 heteroatoms. The van der Waals surface area contributed by atoms with Crippen molar-refractivity contribution in [2.75, 3.05) is 46.3 Å². The molecule has 1 aliphatic heterocycles. The van der Waals surface area contributed by atoms with Crippen molar-refractivity contribution < 1.29 is 4.79 Å². The number of piperazine rings is 1. The molecule has 0 aliphatic carbocycles. The fourth-order valence-corrected chi connectivity index (χ4v) is 2.71. The molecular formula is C20H43N3O. The van der Waals surface area contributed by atoms with Crippen LogP contribution in [-0.2, 0) is 4.79 Å². The molecule has 0 aromatic carbocycles. The van der Waals surface area contributed by atoms with Gasteiger partial charge in [0.15, 0.2) is 0 Å². The summed E-state index contributed by atoms with van der Waals surface area (Å²) in [5, 5.41) is 3.33. The van der Waals surface area contributed by atoms with E-state index < -0.39 is 0 Å². The first-order valence-corrected chi connectivity index (χ1v) is 10.0. The van der Waals surface area contributed by atoms with Crippen molar-refractivity contribution in [2.24, 2.45) is 5.92 Å². The first-order valence-electron chi connectivity index (χ1n) is 10.0. The SMILES string of the molecule is CC(C)CCCN1CCN(C)CC1.CC(C)NCCCCCC=O. The van der Waals surface area contributed by atoms with Gasteiger partial charge in [0, 0.05) is 38.6 Å². The first-order chi connectivity index (χ1) is 11.5. The number of carbonyl (C=O) groups excluding carboxylic acids is 1. The monoisotopic (exact) mass is 341 g/mol. The molecule has 0 aromatic heterocycles. The Bertz CT molecular complexity index is 274. The van der Waals surface area contributed by atoms with Gasteiger partial charge in [-0.15, -0.1) is 0 Å². The summed E-state index contributed by atoms with van der Waals surface area (Å²) in [5.74, 6) is 0.868. The average molecular weight is 342 g/mol. The van der Waals surface area contributed by atoms with E-state index in [4.69, 9.17) is 0 Å². The maximum atomic E-state index is 9.93. The molecule has 0 spiro atoms. The second kappa shape index (κ2) is 16.0. The minimum Gasteiger partial charge on any atom is -0.315 e. The van der Waals surface area contributed by atoms with Gasteiger partial charge in [-0.2, -0.15) is 0 Å². The van der Waals surface area contributed by atoms with Gasteiger partial charge in [-0.3, -0.25) is 0 Å². The average Bonchev–Trinajstić information content (AvgIpc) is 2.53. The largest absolute Gasteiger partial charge is 0.315 e. The van der Waals surface area contributed by atoms with E-state index in [1.807, 2.05) is 0 Å². The van der Waals surface area contributed by atoms with Crippen LogP contribution in [0, 0.1) is 5.92 Å². The Morgan fingerprint density at radius 1 is 0.958 bits per heavy atom. The molecular weight excluding hydrogens is 298 g/mol. The fourth-order valence-electron chi connectivity index (χ4n) is 2.71. The van der Waals surface area contributed by atoms with Crippen LogP contribution >= 0.6 is 0 Å². The van der Waals surface area contributed by atoms with Crippen molar-refractivity contribution in [2.45, 2.75) is 72.3 Å². The molecule has 0 aromatic rings. The Hall–Kier alpha value is -0.450. The summed E-state index contributed by atoms with van der Waals surface area (Å²) in [6, 6.07) is 0.584. The van der Waals surface area contributed by atoms with E-state index in [9.17, 15) is 4.79 Å². The molecule has 0 bridgehead atoms. The van der Waals surface area contributed by atoms with E-state index in [1.54, 1.807) is 0 Å². The summed E-state index contributed by atoms with van der Waals surface area (Å²) in [7, 11) is 2.21. The molecule has 4 nitrogen and oxygen atoms in total. The molecule has 1 fully saturated rings. The lowest BCUT2D eigenvalue weighted by molar-refractivity contribution is -0.107. The summed E-state index contributed by atoms with van der Waals surface area (Å²) < 4.78 is 0. The van der Waals surface area contributed by atoms with Crippen molar-refractivity contribution in [1.29, 1.82) is 0 Å². The second-order valence-electron chi connectivity index (χ2n) is 7.81. The summed E-state index contributed by atoms with van der Waals surface area (Å²) in [4.78, 5) is 14.9. The van der Waals surface area contributed by atoms with Crippen LogP contribution in [0.25, 0.3) is 0 Å². The highest BCUT2D eigenvalue weighted by Gasteiger charge is 2.12. The third-order valence-corrected chi connectivity index (χ3v) is 4.40. The van der Waals surface area contributed by atoms with E-state index in [-0.39, 0.29) is 0 Å². The molecule has 0 atom stereocenters. The molecule has 144 valence electrons. The van der Waals surface area contributed by atoms with Crippen LogP contribution in [0.2, 0.25) is 0 Å². The molecule has 1 aliphatic rings. The van der Waals surface area contributed by atoms with E-state index in [0.29, 0.717) is 6.04 Å². The molecule has 0 radical (unpaired) electrons. The van der Waals surface area contributed by atoms with E-state index in [2.05, 4.69) is 49.9 Å². The summed E-state index contributed by atoms with van der Waals surface area (Å²) in [6.07, 6.45) is 7.87. The van der Waals surface area contributed by atoms with Crippen LogP contribution in [0.15, 0.2) is 0 Å². The van der Waals surface area contributed by atoms with Crippen LogP contribution < -0.4 is 5.32 Å². The number of likely N-dealkylation sites (N-methyl/N-ethyl adjacent to an activating group) is 1. The predicted octanol–water partition coefficient (Wildman–Crippen LogP) is 3.41. The number of hydrogen-bond acceptors (Lipinski definition) is 4. The molecule has 0 unspecified atom stereocenters. The zero-order chi connectivity index (χ0) is 18.2. The number of unbranched alkanes of at least 4 members (excludes halogenated alkanes) is 3. The number of hydrogen-bond donors (Lipinski definition) is 1. The van der Waals surface area contributed by atoms with Crippen molar-refractivity contribution in [3.05, 3.63) is 0 Å². The first kappa shape index (κ1) is 23.5. The normalized spacial score (nSPS) is 16.3. The third kappa shape index (κ3) is 16.4. The van der Waals surface area contributed by atoms with Crippen molar-refractivity contribution >= 4 is 6.29 Å². The lowest BCUT2D eigenvalue weighted by Crippen LogP contribution is -2.44. The lowest BCUT2D eigenvalue weighted by Gasteiger charge is -2.32. The van der Waals surface area contributed by atoms with Crippen LogP contribution in [0.3, 0.4) is 0 Å². The van der Waals surface area contributed by atoms with Crippen molar-refractivity contribution in [3.8, 4) is 0 Å². The quantitative estimate of drug-likeness (QED) is 0.461. The van der Waals surface area contributed by atoms with Crippen LogP contribution in [0.1, 0.15) is 66.2 Å². The molecule has 1 heterocycles. The number of carbonyl (C=O) groups is 1. The molecule has 0 amide bonds. The van der Waals surface area contributed by atoms with Crippen molar-refractivity contribution in [1.82, 2.24) is 15.1 Å². The zero-order valence-electron chi connectivity index (χ0n) is 17.0. The Kier molecular flexibility index (Phi) is 15.7. The standard InChI is InChI=1S/C11H24N2.C9H19NO/c1-11(2)5-4-6-13-9-7-12(3)8-10-13;1-9(2)10-7-5-3-4-6-8-11/h11H,4-10H2,1-3H3;8-10H,3-7H2,1-2H3. The fraction of sp³-hybridized carbons (Fsp3) is 0.950. The smallest absolute Gasteiger partial charge is 0.119 e. The summed E-state index contributed by atoms with van der Waals surface area (Å²) in [6.45, 7) is 16.3.